The number of benzene rings is 2. The molecule has 0 saturated heterocycles. The van der Waals surface area contributed by atoms with Crippen molar-refractivity contribution in [2.45, 2.75) is 6.92 Å². The van der Waals surface area contributed by atoms with Crippen LogP contribution in [-0.2, 0) is 4.79 Å². The molecule has 0 unspecified atom stereocenters. The summed E-state index contributed by atoms with van der Waals surface area (Å²) in [5.41, 5.74) is 2.76. The summed E-state index contributed by atoms with van der Waals surface area (Å²) in [5, 5.41) is 6.84. The van der Waals surface area contributed by atoms with Gasteiger partial charge in [0.25, 0.3) is 0 Å². The van der Waals surface area contributed by atoms with Crippen molar-refractivity contribution in [1.82, 2.24) is 10.3 Å². The Hall–Kier alpha value is -1.58. The second-order valence-corrected chi connectivity index (χ2v) is 7.50. The maximum absolute atomic E-state index is 11.1. The van der Waals surface area contributed by atoms with Gasteiger partial charge in [0.1, 0.15) is 5.01 Å². The van der Waals surface area contributed by atoms with E-state index in [0.717, 1.165) is 30.0 Å². The van der Waals surface area contributed by atoms with Gasteiger partial charge in [-0.25, -0.2) is 4.98 Å². The van der Waals surface area contributed by atoms with Gasteiger partial charge in [0.05, 0.1) is 15.9 Å². The standard InChI is InChI=1S/C16H12IN3OS2/c1-9(21)18-16(22)20-12-7-6-10(17)8-11(12)15-19-13-4-2-3-5-14(13)23-15/h2-8H,1H3,(H2,18,20,21,22). The fourth-order valence-corrected chi connectivity index (χ4v) is 3.84. The van der Waals surface area contributed by atoms with E-state index in [1.165, 1.54) is 6.92 Å². The van der Waals surface area contributed by atoms with Gasteiger partial charge in [-0.15, -0.1) is 11.3 Å². The zero-order valence-corrected chi connectivity index (χ0v) is 15.9. The van der Waals surface area contributed by atoms with Crippen molar-refractivity contribution in [3.05, 3.63) is 46.0 Å². The van der Waals surface area contributed by atoms with Gasteiger partial charge in [-0.1, -0.05) is 12.1 Å². The summed E-state index contributed by atoms with van der Waals surface area (Å²) in [6.07, 6.45) is 0. The molecule has 2 aromatic carbocycles. The predicted molar refractivity (Wildman–Crippen MR) is 108 cm³/mol. The van der Waals surface area contributed by atoms with Crippen molar-refractivity contribution in [1.29, 1.82) is 0 Å². The highest BCUT2D eigenvalue weighted by Gasteiger charge is 2.12. The Labute approximate surface area is 156 Å². The number of carbonyl (C=O) groups excluding carboxylic acids is 1. The fraction of sp³-hybridized carbons (Fsp3) is 0.0625. The Kier molecular flexibility index (Phi) is 4.88. The maximum Gasteiger partial charge on any atom is 0.222 e. The van der Waals surface area contributed by atoms with Crippen LogP contribution in [0.4, 0.5) is 5.69 Å². The summed E-state index contributed by atoms with van der Waals surface area (Å²) >= 11 is 9.05. The van der Waals surface area contributed by atoms with Gasteiger partial charge >= 0.3 is 0 Å². The Bertz CT molecular complexity index is 874. The summed E-state index contributed by atoms with van der Waals surface area (Å²) in [6.45, 7) is 1.43. The quantitative estimate of drug-likeness (QED) is 0.446. The van der Waals surface area contributed by atoms with E-state index in [1.54, 1.807) is 11.3 Å². The first-order valence-corrected chi connectivity index (χ1v) is 9.07. The molecule has 0 atom stereocenters. The topological polar surface area (TPSA) is 54.0 Å². The van der Waals surface area contributed by atoms with E-state index in [2.05, 4.69) is 45.4 Å². The van der Waals surface area contributed by atoms with Crippen LogP contribution in [0.1, 0.15) is 6.92 Å². The Morgan fingerprint density at radius 3 is 2.78 bits per heavy atom. The van der Waals surface area contributed by atoms with Crippen LogP contribution in [0.2, 0.25) is 0 Å². The molecule has 1 heterocycles. The summed E-state index contributed by atoms with van der Waals surface area (Å²) in [7, 11) is 0. The fourth-order valence-electron chi connectivity index (χ4n) is 2.10. The van der Waals surface area contributed by atoms with Gasteiger partial charge in [0.2, 0.25) is 5.91 Å². The number of thiocarbonyl (C=S) groups is 1. The maximum atomic E-state index is 11.1. The minimum Gasteiger partial charge on any atom is -0.332 e. The first kappa shape index (κ1) is 16.3. The highest BCUT2D eigenvalue weighted by atomic mass is 127. The normalized spacial score (nSPS) is 10.5. The molecule has 3 aromatic rings. The number of hydrogen-bond donors (Lipinski definition) is 2. The van der Waals surface area contributed by atoms with Crippen molar-refractivity contribution in [3.8, 4) is 10.6 Å². The molecule has 0 radical (unpaired) electrons. The number of para-hydroxylation sites is 1. The van der Waals surface area contributed by atoms with E-state index in [-0.39, 0.29) is 11.0 Å². The molecule has 1 aromatic heterocycles. The first-order valence-electron chi connectivity index (χ1n) is 6.77. The summed E-state index contributed by atoms with van der Waals surface area (Å²) in [4.78, 5) is 15.8. The Morgan fingerprint density at radius 1 is 1.26 bits per heavy atom. The van der Waals surface area contributed by atoms with Gasteiger partial charge in [0.15, 0.2) is 5.11 Å². The third-order valence-corrected chi connectivity index (χ3v) is 4.99. The zero-order valence-electron chi connectivity index (χ0n) is 12.1. The third-order valence-electron chi connectivity index (χ3n) is 3.04. The molecule has 7 heteroatoms. The lowest BCUT2D eigenvalue weighted by Crippen LogP contribution is -2.32. The van der Waals surface area contributed by atoms with Gasteiger partial charge < -0.3 is 10.6 Å². The molecule has 0 aliphatic rings. The number of thiazole rings is 1. The number of anilines is 1. The smallest absolute Gasteiger partial charge is 0.222 e. The summed E-state index contributed by atoms with van der Waals surface area (Å²) in [5.74, 6) is -0.199. The molecular formula is C16H12IN3OS2. The molecule has 2 N–H and O–H groups in total. The number of nitrogens with one attached hydrogen (secondary N) is 2. The lowest BCUT2D eigenvalue weighted by Gasteiger charge is -2.12. The van der Waals surface area contributed by atoms with Crippen molar-refractivity contribution in [2.75, 3.05) is 5.32 Å². The molecule has 23 heavy (non-hydrogen) atoms. The van der Waals surface area contributed by atoms with E-state index in [4.69, 9.17) is 17.2 Å². The molecule has 0 spiro atoms. The Balaban J connectivity index is 2.01. The van der Waals surface area contributed by atoms with Crippen LogP contribution >= 0.6 is 46.1 Å². The molecule has 0 bridgehead atoms. The number of amides is 1. The van der Waals surface area contributed by atoms with Crippen LogP contribution in [0.25, 0.3) is 20.8 Å². The van der Waals surface area contributed by atoms with E-state index in [9.17, 15) is 4.79 Å². The second kappa shape index (κ2) is 6.90. The molecule has 116 valence electrons. The number of halogens is 1. The van der Waals surface area contributed by atoms with Crippen LogP contribution < -0.4 is 10.6 Å². The number of fused-ring (bicyclic) bond motifs is 1. The third kappa shape index (κ3) is 3.85. The van der Waals surface area contributed by atoms with Crippen LogP contribution in [0.3, 0.4) is 0 Å². The lowest BCUT2D eigenvalue weighted by atomic mass is 10.2. The number of hydrogen-bond acceptors (Lipinski definition) is 4. The molecule has 1 amide bonds. The zero-order chi connectivity index (χ0) is 16.4. The van der Waals surface area contributed by atoms with Crippen LogP contribution in [0.15, 0.2) is 42.5 Å². The molecule has 3 rings (SSSR count). The van der Waals surface area contributed by atoms with E-state index < -0.39 is 0 Å². The number of aromatic nitrogens is 1. The highest BCUT2D eigenvalue weighted by molar-refractivity contribution is 14.1. The van der Waals surface area contributed by atoms with E-state index in [0.29, 0.717) is 0 Å². The monoisotopic (exact) mass is 453 g/mol. The minimum atomic E-state index is -0.199. The van der Waals surface area contributed by atoms with Crippen molar-refractivity contribution in [3.63, 3.8) is 0 Å². The minimum absolute atomic E-state index is 0.199. The molecule has 0 aliphatic carbocycles. The van der Waals surface area contributed by atoms with Gasteiger partial charge in [-0.2, -0.15) is 0 Å². The lowest BCUT2D eigenvalue weighted by molar-refractivity contribution is -0.117. The summed E-state index contributed by atoms with van der Waals surface area (Å²) < 4.78 is 2.24. The Morgan fingerprint density at radius 2 is 2.04 bits per heavy atom. The van der Waals surface area contributed by atoms with Gasteiger partial charge in [-0.05, 0) is 65.1 Å². The number of nitrogens with zero attached hydrogens (tertiary/aromatic N) is 1. The average molecular weight is 453 g/mol. The predicted octanol–water partition coefficient (Wildman–Crippen LogP) is 4.40. The second-order valence-electron chi connectivity index (χ2n) is 4.81. The molecule has 4 nitrogen and oxygen atoms in total. The van der Waals surface area contributed by atoms with Crippen LogP contribution in [0, 0.1) is 3.57 Å². The SMILES string of the molecule is CC(=O)NC(=S)Nc1ccc(I)cc1-c1nc2ccccc2s1. The molecule has 0 fully saturated rings. The largest absolute Gasteiger partial charge is 0.332 e. The highest BCUT2D eigenvalue weighted by Crippen LogP contribution is 2.35. The molecule has 0 aliphatic heterocycles. The molecular weight excluding hydrogens is 441 g/mol. The average Bonchev–Trinajstić information content (AvgIpc) is 2.92. The van der Waals surface area contributed by atoms with E-state index >= 15 is 0 Å². The van der Waals surface area contributed by atoms with Crippen LogP contribution in [0.5, 0.6) is 0 Å². The van der Waals surface area contributed by atoms with Crippen molar-refractivity contribution >= 4 is 73.1 Å². The number of carbonyl (C=O) groups is 1. The van der Waals surface area contributed by atoms with Crippen LogP contribution in [-0.4, -0.2) is 16.0 Å². The molecule has 0 saturated carbocycles. The van der Waals surface area contributed by atoms with Gasteiger partial charge in [-0.3, -0.25) is 4.79 Å². The van der Waals surface area contributed by atoms with Crippen molar-refractivity contribution < 1.29 is 4.79 Å². The van der Waals surface area contributed by atoms with Gasteiger partial charge in [0, 0.05) is 16.1 Å². The summed E-state index contributed by atoms with van der Waals surface area (Å²) in [6, 6.07) is 14.0. The van der Waals surface area contributed by atoms with Crippen molar-refractivity contribution in [2.24, 2.45) is 0 Å². The van der Waals surface area contributed by atoms with E-state index in [1.807, 2.05) is 30.3 Å². The first-order chi connectivity index (χ1) is 11.0. The number of rotatable bonds is 2.